The molecule has 0 radical (unpaired) electrons. The summed E-state index contributed by atoms with van der Waals surface area (Å²) in [6, 6.07) is 10.8. The van der Waals surface area contributed by atoms with Crippen molar-refractivity contribution >= 4 is 0 Å². The summed E-state index contributed by atoms with van der Waals surface area (Å²) in [4.78, 5) is 0. The second-order valence-corrected chi connectivity index (χ2v) is 4.89. The zero-order chi connectivity index (χ0) is 13.9. The molecule has 0 bridgehead atoms. The molecular formula is C17H27NO. The van der Waals surface area contributed by atoms with Crippen molar-refractivity contribution in [1.82, 2.24) is 5.32 Å². The molecule has 2 unspecified atom stereocenters. The van der Waals surface area contributed by atoms with E-state index in [9.17, 15) is 0 Å². The number of likely N-dealkylation sites (N-methyl/N-ethyl adjacent to an activating group) is 1. The van der Waals surface area contributed by atoms with Crippen molar-refractivity contribution < 1.29 is 4.74 Å². The average molecular weight is 261 g/mol. The second kappa shape index (κ2) is 9.76. The molecule has 0 aromatic heterocycles. The smallest absolute Gasteiger partial charge is 0.0973 e. The second-order valence-electron chi connectivity index (χ2n) is 4.89. The van der Waals surface area contributed by atoms with Crippen LogP contribution in [0, 0.1) is 0 Å². The van der Waals surface area contributed by atoms with Gasteiger partial charge < -0.3 is 10.1 Å². The number of benzene rings is 1. The largest absolute Gasteiger partial charge is 0.375 e. The molecule has 0 saturated carbocycles. The lowest BCUT2D eigenvalue weighted by Gasteiger charge is -2.26. The number of hydrogen-bond donors (Lipinski definition) is 1. The van der Waals surface area contributed by atoms with E-state index in [1.54, 1.807) is 7.11 Å². The van der Waals surface area contributed by atoms with Gasteiger partial charge in [0.2, 0.25) is 0 Å². The lowest BCUT2D eigenvalue weighted by molar-refractivity contribution is 0.0666. The van der Waals surface area contributed by atoms with E-state index < -0.39 is 0 Å². The van der Waals surface area contributed by atoms with Crippen molar-refractivity contribution in [3.05, 3.63) is 48.6 Å². The molecular weight excluding hydrogens is 234 g/mol. The van der Waals surface area contributed by atoms with Crippen LogP contribution in [0.5, 0.6) is 0 Å². The number of methoxy groups -OCH3 is 1. The molecule has 0 heterocycles. The molecule has 1 aromatic carbocycles. The number of rotatable bonds is 10. The molecule has 0 aliphatic carbocycles. The third-order valence-corrected chi connectivity index (χ3v) is 3.54. The third-order valence-electron chi connectivity index (χ3n) is 3.54. The molecule has 0 fully saturated rings. The molecule has 2 atom stereocenters. The van der Waals surface area contributed by atoms with Crippen LogP contribution in [0.3, 0.4) is 0 Å². The van der Waals surface area contributed by atoms with E-state index in [4.69, 9.17) is 4.74 Å². The Labute approximate surface area is 117 Å². The Morgan fingerprint density at radius 2 is 1.95 bits per heavy atom. The van der Waals surface area contributed by atoms with Crippen LogP contribution in [0.2, 0.25) is 0 Å². The van der Waals surface area contributed by atoms with Crippen LogP contribution >= 0.6 is 0 Å². The van der Waals surface area contributed by atoms with Gasteiger partial charge >= 0.3 is 0 Å². The number of ether oxygens (including phenoxy) is 1. The number of nitrogens with one attached hydrogen (secondary N) is 1. The highest BCUT2D eigenvalue weighted by Crippen LogP contribution is 2.23. The van der Waals surface area contributed by atoms with Gasteiger partial charge in [-0.25, -0.2) is 0 Å². The van der Waals surface area contributed by atoms with E-state index in [-0.39, 0.29) is 6.10 Å². The van der Waals surface area contributed by atoms with Gasteiger partial charge in [-0.2, -0.15) is 0 Å². The molecule has 0 amide bonds. The summed E-state index contributed by atoms with van der Waals surface area (Å²) in [6.07, 6.45) is 8.12. The number of unbranched alkanes of at least 4 members (excludes halogenated alkanes) is 3. The average Bonchev–Trinajstić information content (AvgIpc) is 2.47. The topological polar surface area (TPSA) is 21.3 Å². The van der Waals surface area contributed by atoms with E-state index in [1.165, 1.54) is 24.8 Å². The fourth-order valence-electron chi connectivity index (χ4n) is 2.45. The molecule has 1 N–H and O–H groups in total. The molecule has 0 aliphatic heterocycles. The first-order valence-electron chi connectivity index (χ1n) is 7.19. The first-order chi connectivity index (χ1) is 9.33. The lowest BCUT2D eigenvalue weighted by atomic mass is 9.97. The van der Waals surface area contributed by atoms with Gasteiger partial charge in [-0.1, -0.05) is 49.2 Å². The van der Waals surface area contributed by atoms with E-state index in [0.717, 1.165) is 12.8 Å². The highest BCUT2D eigenvalue weighted by atomic mass is 16.5. The Kier molecular flexibility index (Phi) is 8.19. The summed E-state index contributed by atoms with van der Waals surface area (Å²) in [6.45, 7) is 3.76. The molecule has 0 spiro atoms. The van der Waals surface area contributed by atoms with Gasteiger partial charge in [0.15, 0.2) is 0 Å². The molecule has 2 heteroatoms. The maximum absolute atomic E-state index is 5.69. The van der Waals surface area contributed by atoms with Crippen LogP contribution in [-0.4, -0.2) is 20.2 Å². The van der Waals surface area contributed by atoms with Crippen LogP contribution in [-0.2, 0) is 4.74 Å². The van der Waals surface area contributed by atoms with Crippen molar-refractivity contribution in [1.29, 1.82) is 0 Å². The van der Waals surface area contributed by atoms with Gasteiger partial charge in [-0.05, 0) is 31.9 Å². The van der Waals surface area contributed by atoms with Crippen LogP contribution in [0.1, 0.15) is 43.8 Å². The van der Waals surface area contributed by atoms with Crippen molar-refractivity contribution in [2.24, 2.45) is 0 Å². The Bertz CT molecular complexity index is 336. The predicted molar refractivity (Wildman–Crippen MR) is 82.3 cm³/mol. The molecule has 1 aromatic rings. The van der Waals surface area contributed by atoms with Crippen LogP contribution in [0.15, 0.2) is 43.0 Å². The zero-order valence-electron chi connectivity index (χ0n) is 12.3. The van der Waals surface area contributed by atoms with Gasteiger partial charge in [0.25, 0.3) is 0 Å². The van der Waals surface area contributed by atoms with E-state index in [2.05, 4.69) is 36.2 Å². The third kappa shape index (κ3) is 5.58. The Morgan fingerprint density at radius 3 is 2.53 bits per heavy atom. The van der Waals surface area contributed by atoms with E-state index in [1.807, 2.05) is 19.2 Å². The normalized spacial score (nSPS) is 14.0. The monoisotopic (exact) mass is 261 g/mol. The SMILES string of the molecule is C=CCCCCCC(NC)C(OC)c1ccccc1. The molecule has 1 rings (SSSR count). The standard InChI is InChI=1S/C17H27NO/c1-4-5-6-7-11-14-16(18-2)17(19-3)15-12-9-8-10-13-15/h4,8-10,12-13,16-18H,1,5-7,11,14H2,2-3H3. The van der Waals surface area contributed by atoms with Crippen molar-refractivity contribution in [3.8, 4) is 0 Å². The predicted octanol–water partition coefficient (Wildman–Crippen LogP) is 4.10. The van der Waals surface area contributed by atoms with E-state index >= 15 is 0 Å². The maximum Gasteiger partial charge on any atom is 0.0973 e. The van der Waals surface area contributed by atoms with E-state index in [0.29, 0.717) is 6.04 Å². The molecule has 0 saturated heterocycles. The summed E-state index contributed by atoms with van der Waals surface area (Å²) in [5.74, 6) is 0. The maximum atomic E-state index is 5.69. The van der Waals surface area contributed by atoms with Gasteiger partial charge in [-0.3, -0.25) is 0 Å². The summed E-state index contributed by atoms with van der Waals surface area (Å²) in [5.41, 5.74) is 1.25. The number of allylic oxidation sites excluding steroid dienone is 1. The summed E-state index contributed by atoms with van der Waals surface area (Å²) < 4.78 is 5.69. The highest BCUT2D eigenvalue weighted by molar-refractivity contribution is 5.19. The van der Waals surface area contributed by atoms with Crippen LogP contribution in [0.25, 0.3) is 0 Å². The van der Waals surface area contributed by atoms with Gasteiger partial charge in [0.1, 0.15) is 0 Å². The minimum atomic E-state index is 0.130. The fourth-order valence-corrected chi connectivity index (χ4v) is 2.45. The molecule has 106 valence electrons. The van der Waals surface area contributed by atoms with Gasteiger partial charge in [-0.15, -0.1) is 6.58 Å². The Hall–Kier alpha value is -1.12. The van der Waals surface area contributed by atoms with Crippen molar-refractivity contribution in [3.63, 3.8) is 0 Å². The highest BCUT2D eigenvalue weighted by Gasteiger charge is 2.20. The van der Waals surface area contributed by atoms with Crippen molar-refractivity contribution in [2.45, 2.75) is 44.2 Å². The van der Waals surface area contributed by atoms with Crippen molar-refractivity contribution in [2.75, 3.05) is 14.2 Å². The summed E-state index contributed by atoms with van der Waals surface area (Å²) in [5, 5.41) is 3.40. The Balaban J connectivity index is 2.49. The fraction of sp³-hybridized carbons (Fsp3) is 0.529. The minimum Gasteiger partial charge on any atom is -0.375 e. The Morgan fingerprint density at radius 1 is 1.21 bits per heavy atom. The zero-order valence-corrected chi connectivity index (χ0v) is 12.3. The minimum absolute atomic E-state index is 0.130. The van der Waals surface area contributed by atoms with Gasteiger partial charge in [0, 0.05) is 13.2 Å². The van der Waals surface area contributed by atoms with Crippen LogP contribution < -0.4 is 5.32 Å². The summed E-state index contributed by atoms with van der Waals surface area (Å²) in [7, 11) is 3.81. The molecule has 0 aliphatic rings. The first-order valence-corrected chi connectivity index (χ1v) is 7.19. The quantitative estimate of drug-likeness (QED) is 0.506. The molecule has 19 heavy (non-hydrogen) atoms. The first kappa shape index (κ1) is 15.9. The van der Waals surface area contributed by atoms with Crippen LogP contribution in [0.4, 0.5) is 0 Å². The molecule has 2 nitrogen and oxygen atoms in total. The number of hydrogen-bond acceptors (Lipinski definition) is 2. The lowest BCUT2D eigenvalue weighted by Crippen LogP contribution is -2.33. The van der Waals surface area contributed by atoms with Gasteiger partial charge in [0.05, 0.1) is 6.10 Å². The summed E-state index contributed by atoms with van der Waals surface area (Å²) >= 11 is 0.